The van der Waals surface area contributed by atoms with Gasteiger partial charge in [-0.05, 0) is 30.2 Å². The lowest BCUT2D eigenvalue weighted by atomic mass is 10.0. The lowest BCUT2D eigenvalue weighted by molar-refractivity contribution is -0.141. The van der Waals surface area contributed by atoms with Gasteiger partial charge in [0.25, 0.3) is 5.91 Å². The number of ether oxygens (including phenoxy) is 1. The van der Waals surface area contributed by atoms with Crippen LogP contribution in [0.15, 0.2) is 18.2 Å². The molecule has 1 aromatic carbocycles. The molecule has 26 heavy (non-hydrogen) atoms. The molecule has 1 aliphatic rings. The monoisotopic (exact) mass is 386 g/mol. The largest absolute Gasteiger partial charge is 0.468 e. The van der Waals surface area contributed by atoms with Gasteiger partial charge in [0.15, 0.2) is 0 Å². The van der Waals surface area contributed by atoms with Gasteiger partial charge in [-0.3, -0.25) is 15.0 Å². The van der Waals surface area contributed by atoms with Crippen LogP contribution in [-0.2, 0) is 9.53 Å². The van der Waals surface area contributed by atoms with Crippen molar-refractivity contribution in [3.63, 3.8) is 0 Å². The standard InChI is InChI=1S/C17H24ClFN4O3/c1-3-4-23-15(13(18)8-22-23)10-5-11(7-12(19)6-10)16(24)21-9-14(20)17(25)26-2/h5-7,13-15,22H,3-4,8-9,20H2,1-2H3,(H,21,24)/t13?,14-,15?/m1/s1. The first-order valence-corrected chi connectivity index (χ1v) is 8.87. The summed E-state index contributed by atoms with van der Waals surface area (Å²) < 4.78 is 18.6. The molecule has 4 N–H and O–H groups in total. The summed E-state index contributed by atoms with van der Waals surface area (Å²) in [6.07, 6.45) is 0.904. The lowest BCUT2D eigenvalue weighted by Crippen LogP contribution is -2.43. The van der Waals surface area contributed by atoms with Crippen molar-refractivity contribution in [2.45, 2.75) is 30.8 Å². The van der Waals surface area contributed by atoms with Crippen LogP contribution in [0.1, 0.15) is 35.3 Å². The van der Waals surface area contributed by atoms with E-state index in [1.54, 1.807) is 6.07 Å². The van der Waals surface area contributed by atoms with E-state index in [4.69, 9.17) is 17.3 Å². The van der Waals surface area contributed by atoms with Crippen LogP contribution in [0.2, 0.25) is 0 Å². The van der Waals surface area contributed by atoms with Gasteiger partial charge in [-0.2, -0.15) is 0 Å². The normalized spacial score (nSPS) is 21.4. The molecule has 0 spiro atoms. The van der Waals surface area contributed by atoms with Gasteiger partial charge in [0.1, 0.15) is 11.9 Å². The fourth-order valence-corrected chi connectivity index (χ4v) is 3.26. The zero-order valence-corrected chi connectivity index (χ0v) is 15.6. The average Bonchev–Trinajstić information content (AvgIpc) is 2.98. The van der Waals surface area contributed by atoms with Crippen LogP contribution in [0.3, 0.4) is 0 Å². The van der Waals surface area contributed by atoms with Gasteiger partial charge in [-0.25, -0.2) is 9.40 Å². The second kappa shape index (κ2) is 9.27. The maximum atomic E-state index is 14.1. The molecule has 7 nitrogen and oxygen atoms in total. The third-order valence-electron chi connectivity index (χ3n) is 4.14. The first-order chi connectivity index (χ1) is 12.4. The summed E-state index contributed by atoms with van der Waals surface area (Å²) >= 11 is 6.39. The summed E-state index contributed by atoms with van der Waals surface area (Å²) in [6.45, 7) is 3.25. The van der Waals surface area contributed by atoms with E-state index < -0.39 is 23.7 Å². The van der Waals surface area contributed by atoms with Crippen LogP contribution >= 0.6 is 11.6 Å². The van der Waals surface area contributed by atoms with Gasteiger partial charge < -0.3 is 15.8 Å². The van der Waals surface area contributed by atoms with Gasteiger partial charge in [0, 0.05) is 25.2 Å². The number of nitrogens with two attached hydrogens (primary N) is 1. The Hall–Kier alpha value is -1.74. The van der Waals surface area contributed by atoms with Crippen molar-refractivity contribution in [2.24, 2.45) is 5.73 Å². The number of halogens is 2. The van der Waals surface area contributed by atoms with E-state index in [1.807, 2.05) is 11.9 Å². The van der Waals surface area contributed by atoms with Crippen LogP contribution in [0, 0.1) is 5.82 Å². The Labute approximate surface area is 157 Å². The molecule has 1 amide bonds. The Morgan fingerprint density at radius 1 is 1.50 bits per heavy atom. The highest BCUT2D eigenvalue weighted by Gasteiger charge is 2.34. The fraction of sp³-hybridized carbons (Fsp3) is 0.529. The molecule has 2 unspecified atom stereocenters. The van der Waals surface area contributed by atoms with E-state index in [-0.39, 0.29) is 23.5 Å². The van der Waals surface area contributed by atoms with Gasteiger partial charge in [0.05, 0.1) is 18.5 Å². The topological polar surface area (TPSA) is 96.7 Å². The molecule has 1 fully saturated rings. The summed E-state index contributed by atoms with van der Waals surface area (Å²) in [5, 5.41) is 4.23. The molecule has 0 aliphatic carbocycles. The molecule has 3 atom stereocenters. The Kier molecular flexibility index (Phi) is 7.33. The van der Waals surface area contributed by atoms with E-state index in [2.05, 4.69) is 15.5 Å². The maximum Gasteiger partial charge on any atom is 0.324 e. The summed E-state index contributed by atoms with van der Waals surface area (Å²) in [7, 11) is 1.21. The molecule has 1 saturated heterocycles. The number of esters is 1. The predicted octanol–water partition coefficient (Wildman–Crippen LogP) is 0.935. The van der Waals surface area contributed by atoms with Crippen LogP contribution < -0.4 is 16.5 Å². The van der Waals surface area contributed by atoms with E-state index in [0.29, 0.717) is 12.1 Å². The van der Waals surface area contributed by atoms with E-state index in [0.717, 1.165) is 19.0 Å². The zero-order chi connectivity index (χ0) is 19.3. The van der Waals surface area contributed by atoms with Crippen LogP contribution in [-0.4, -0.2) is 55.0 Å². The number of hydrogen-bond acceptors (Lipinski definition) is 6. The van der Waals surface area contributed by atoms with Crippen molar-refractivity contribution >= 4 is 23.5 Å². The van der Waals surface area contributed by atoms with Crippen molar-refractivity contribution in [3.8, 4) is 0 Å². The number of rotatable bonds is 7. The van der Waals surface area contributed by atoms with E-state index in [1.165, 1.54) is 13.2 Å². The molecular weight excluding hydrogens is 363 g/mol. The molecule has 144 valence electrons. The molecule has 0 radical (unpaired) electrons. The first-order valence-electron chi connectivity index (χ1n) is 8.43. The second-order valence-electron chi connectivity index (χ2n) is 6.13. The number of nitrogens with one attached hydrogen (secondary N) is 2. The van der Waals surface area contributed by atoms with E-state index >= 15 is 0 Å². The van der Waals surface area contributed by atoms with Crippen LogP contribution in [0.4, 0.5) is 4.39 Å². The molecule has 1 aliphatic heterocycles. The minimum absolute atomic E-state index is 0.109. The smallest absolute Gasteiger partial charge is 0.324 e. The highest BCUT2D eigenvalue weighted by atomic mass is 35.5. The molecule has 1 aromatic rings. The summed E-state index contributed by atoms with van der Waals surface area (Å²) in [6, 6.07) is 2.91. The van der Waals surface area contributed by atoms with Gasteiger partial charge in [-0.1, -0.05) is 6.92 Å². The maximum absolute atomic E-state index is 14.1. The highest BCUT2D eigenvalue weighted by molar-refractivity contribution is 6.21. The summed E-state index contributed by atoms with van der Waals surface area (Å²) in [5.41, 5.74) is 9.54. The average molecular weight is 387 g/mol. The Morgan fingerprint density at radius 2 is 2.23 bits per heavy atom. The SMILES string of the molecule is CCCN1NCC(Cl)C1c1cc(F)cc(C(=O)NC[C@@H](N)C(=O)OC)c1. The van der Waals surface area contributed by atoms with Crippen molar-refractivity contribution in [3.05, 3.63) is 35.1 Å². The van der Waals surface area contributed by atoms with Crippen LogP contribution in [0.5, 0.6) is 0 Å². The third kappa shape index (κ3) is 4.91. The minimum atomic E-state index is -0.983. The summed E-state index contributed by atoms with van der Waals surface area (Å²) in [4.78, 5) is 23.6. The molecule has 0 bridgehead atoms. The van der Waals surface area contributed by atoms with Crippen molar-refractivity contribution in [1.82, 2.24) is 15.8 Å². The molecule has 2 rings (SSSR count). The third-order valence-corrected chi connectivity index (χ3v) is 4.54. The van der Waals surface area contributed by atoms with Crippen LogP contribution in [0.25, 0.3) is 0 Å². The Balaban J connectivity index is 2.16. The number of methoxy groups -OCH3 is 1. The second-order valence-corrected chi connectivity index (χ2v) is 6.69. The number of carbonyl (C=O) groups excluding carboxylic acids is 2. The predicted molar refractivity (Wildman–Crippen MR) is 96.1 cm³/mol. The van der Waals surface area contributed by atoms with Gasteiger partial charge >= 0.3 is 5.97 Å². The molecule has 1 heterocycles. The number of benzene rings is 1. The molecular formula is C17H24ClFN4O3. The van der Waals surface area contributed by atoms with E-state index in [9.17, 15) is 14.0 Å². The fourth-order valence-electron chi connectivity index (χ4n) is 2.91. The minimum Gasteiger partial charge on any atom is -0.468 e. The number of carbonyl (C=O) groups is 2. The quantitative estimate of drug-likeness (QED) is 0.476. The van der Waals surface area contributed by atoms with Gasteiger partial charge in [-0.15, -0.1) is 11.6 Å². The van der Waals surface area contributed by atoms with Crippen molar-refractivity contribution < 1.29 is 18.7 Å². The Morgan fingerprint density at radius 3 is 2.88 bits per heavy atom. The highest BCUT2D eigenvalue weighted by Crippen LogP contribution is 2.32. The number of nitrogens with zero attached hydrogens (tertiary/aromatic N) is 1. The number of hydrazine groups is 1. The number of hydrogen-bond donors (Lipinski definition) is 3. The molecule has 0 saturated carbocycles. The molecule has 9 heteroatoms. The lowest BCUT2D eigenvalue weighted by Gasteiger charge is -2.25. The zero-order valence-electron chi connectivity index (χ0n) is 14.8. The number of alkyl halides is 1. The first kappa shape index (κ1) is 20.6. The van der Waals surface area contributed by atoms with Gasteiger partial charge in [0.2, 0.25) is 0 Å². The number of amides is 1. The van der Waals surface area contributed by atoms with Crippen molar-refractivity contribution in [1.29, 1.82) is 0 Å². The molecule has 0 aromatic heterocycles. The Bertz CT molecular complexity index is 659. The van der Waals surface area contributed by atoms with Crippen molar-refractivity contribution in [2.75, 3.05) is 26.7 Å². The summed E-state index contributed by atoms with van der Waals surface area (Å²) in [5.74, 6) is -1.69.